The highest BCUT2D eigenvalue weighted by Gasteiger charge is 2.29. The first-order valence-electron chi connectivity index (χ1n) is 7.68. The summed E-state index contributed by atoms with van der Waals surface area (Å²) in [5.74, 6) is -0.986. The first-order valence-corrected chi connectivity index (χ1v) is 7.68. The number of piperidine rings is 1. The van der Waals surface area contributed by atoms with Crippen LogP contribution >= 0.6 is 0 Å². The number of benzene rings is 1. The van der Waals surface area contributed by atoms with E-state index in [0.717, 1.165) is 24.8 Å². The number of esters is 1. The summed E-state index contributed by atoms with van der Waals surface area (Å²) in [6.07, 6.45) is 3.06. The van der Waals surface area contributed by atoms with Gasteiger partial charge in [0.15, 0.2) is 6.61 Å². The fraction of sp³-hybridized carbons (Fsp3) is 0.529. The van der Waals surface area contributed by atoms with Gasteiger partial charge in [-0.05, 0) is 57.7 Å². The van der Waals surface area contributed by atoms with Crippen LogP contribution in [0.2, 0.25) is 0 Å². The lowest BCUT2D eigenvalue weighted by atomic mass is 9.97. The highest BCUT2D eigenvalue weighted by Crippen LogP contribution is 2.23. The van der Waals surface area contributed by atoms with Gasteiger partial charge in [0.05, 0.1) is 0 Å². The van der Waals surface area contributed by atoms with Crippen LogP contribution in [-0.2, 0) is 9.53 Å². The van der Waals surface area contributed by atoms with Crippen molar-refractivity contribution < 1.29 is 19.4 Å². The number of phenolic OH excluding ortho intramolecular Hbond substituents is 1. The van der Waals surface area contributed by atoms with Gasteiger partial charge in [-0.3, -0.25) is 4.79 Å². The minimum atomic E-state index is -0.678. The van der Waals surface area contributed by atoms with Gasteiger partial charge >= 0.3 is 5.97 Å². The third-order valence-electron chi connectivity index (χ3n) is 4.18. The Labute approximate surface area is 130 Å². The average Bonchev–Trinajstić information content (AvgIpc) is 2.44. The fourth-order valence-corrected chi connectivity index (χ4v) is 3.01. The zero-order valence-electron chi connectivity index (χ0n) is 13.3. The Bertz CT molecular complexity index is 560. The standard InChI is InChI=1S/C17H23NO4/c1-11-7-8-14(15(19)9-11)17(21)22-10-16(20)18-12(2)5-4-6-13(18)3/h7-9,12-13,19H,4-6,10H2,1-3H3/t12-,13-/m0/s1. The van der Waals surface area contributed by atoms with Crippen LogP contribution in [0, 0.1) is 6.92 Å². The molecule has 0 aromatic heterocycles. The summed E-state index contributed by atoms with van der Waals surface area (Å²) in [5.41, 5.74) is 0.930. The number of nitrogens with zero attached hydrogens (tertiary/aromatic N) is 1. The number of likely N-dealkylation sites (tertiary alicyclic amines) is 1. The monoisotopic (exact) mass is 305 g/mol. The third-order valence-corrected chi connectivity index (χ3v) is 4.18. The zero-order chi connectivity index (χ0) is 16.3. The van der Waals surface area contributed by atoms with Gasteiger partial charge < -0.3 is 14.7 Å². The number of hydrogen-bond acceptors (Lipinski definition) is 4. The summed E-state index contributed by atoms with van der Waals surface area (Å²) in [7, 11) is 0. The van der Waals surface area contributed by atoms with Gasteiger partial charge in [-0.15, -0.1) is 0 Å². The van der Waals surface area contributed by atoms with Crippen molar-refractivity contribution in [1.29, 1.82) is 0 Å². The van der Waals surface area contributed by atoms with E-state index in [-0.39, 0.29) is 35.9 Å². The predicted octanol–water partition coefficient (Wildman–Crippen LogP) is 2.65. The van der Waals surface area contributed by atoms with Gasteiger partial charge in [0.1, 0.15) is 11.3 Å². The van der Waals surface area contributed by atoms with Crippen LogP contribution < -0.4 is 0 Å². The molecule has 1 aromatic carbocycles. The Morgan fingerprint density at radius 2 is 1.91 bits per heavy atom. The topological polar surface area (TPSA) is 66.8 Å². The SMILES string of the molecule is Cc1ccc(C(=O)OCC(=O)N2[C@@H](C)CCC[C@@H]2C)c(O)c1. The van der Waals surface area contributed by atoms with Crippen molar-refractivity contribution in [2.24, 2.45) is 0 Å². The summed E-state index contributed by atoms with van der Waals surface area (Å²) in [6, 6.07) is 5.05. The van der Waals surface area contributed by atoms with Crippen molar-refractivity contribution in [3.63, 3.8) is 0 Å². The number of amides is 1. The lowest BCUT2D eigenvalue weighted by Gasteiger charge is -2.38. The van der Waals surface area contributed by atoms with Gasteiger partial charge in [-0.25, -0.2) is 4.79 Å². The number of aromatic hydroxyl groups is 1. The maximum atomic E-state index is 12.3. The molecule has 1 aromatic rings. The molecule has 1 saturated heterocycles. The molecular formula is C17H23NO4. The van der Waals surface area contributed by atoms with Gasteiger partial charge in [0.25, 0.3) is 5.91 Å². The first kappa shape index (κ1) is 16.3. The highest BCUT2D eigenvalue weighted by atomic mass is 16.5. The lowest BCUT2D eigenvalue weighted by molar-refractivity contribution is -0.140. The molecule has 0 unspecified atom stereocenters. The highest BCUT2D eigenvalue weighted by molar-refractivity contribution is 5.94. The van der Waals surface area contributed by atoms with Crippen LogP contribution in [0.5, 0.6) is 5.75 Å². The molecule has 120 valence electrons. The second-order valence-corrected chi connectivity index (χ2v) is 6.03. The van der Waals surface area contributed by atoms with Crippen molar-refractivity contribution in [2.75, 3.05) is 6.61 Å². The zero-order valence-corrected chi connectivity index (χ0v) is 13.3. The summed E-state index contributed by atoms with van der Waals surface area (Å²) in [4.78, 5) is 26.1. The Hall–Kier alpha value is -2.04. The fourth-order valence-electron chi connectivity index (χ4n) is 3.01. The Kier molecular flexibility index (Phi) is 5.06. The van der Waals surface area contributed by atoms with E-state index in [9.17, 15) is 14.7 Å². The quantitative estimate of drug-likeness (QED) is 0.872. The molecule has 0 bridgehead atoms. The molecule has 22 heavy (non-hydrogen) atoms. The second-order valence-electron chi connectivity index (χ2n) is 6.03. The molecule has 1 amide bonds. The molecular weight excluding hydrogens is 282 g/mol. The number of carbonyl (C=O) groups is 2. The predicted molar refractivity (Wildman–Crippen MR) is 82.7 cm³/mol. The molecule has 1 aliphatic heterocycles. The molecule has 1 N–H and O–H groups in total. The Morgan fingerprint density at radius 3 is 2.50 bits per heavy atom. The van der Waals surface area contributed by atoms with Crippen LogP contribution in [0.4, 0.5) is 0 Å². The van der Waals surface area contributed by atoms with Gasteiger partial charge in [0.2, 0.25) is 0 Å². The first-order chi connectivity index (χ1) is 10.4. The average molecular weight is 305 g/mol. The molecule has 1 fully saturated rings. The maximum Gasteiger partial charge on any atom is 0.342 e. The largest absolute Gasteiger partial charge is 0.507 e. The molecule has 2 rings (SSSR count). The molecule has 0 saturated carbocycles. The number of carbonyl (C=O) groups excluding carboxylic acids is 2. The Balaban J connectivity index is 1.97. The van der Waals surface area contributed by atoms with E-state index in [1.54, 1.807) is 11.0 Å². The van der Waals surface area contributed by atoms with Crippen molar-refractivity contribution in [3.05, 3.63) is 29.3 Å². The van der Waals surface area contributed by atoms with Gasteiger partial charge in [0, 0.05) is 12.1 Å². The molecule has 1 heterocycles. The number of rotatable bonds is 3. The van der Waals surface area contributed by atoms with E-state index in [0.29, 0.717) is 0 Å². The smallest absolute Gasteiger partial charge is 0.342 e. The van der Waals surface area contributed by atoms with Crippen LogP contribution in [-0.4, -0.2) is 40.6 Å². The summed E-state index contributed by atoms with van der Waals surface area (Å²) < 4.78 is 5.07. The van der Waals surface area contributed by atoms with E-state index in [2.05, 4.69) is 0 Å². The molecule has 1 aliphatic rings. The van der Waals surface area contributed by atoms with Crippen molar-refractivity contribution in [1.82, 2.24) is 4.90 Å². The molecule has 2 atom stereocenters. The summed E-state index contributed by atoms with van der Waals surface area (Å²) in [6.45, 7) is 5.56. The number of ether oxygens (including phenoxy) is 1. The van der Waals surface area contributed by atoms with E-state index >= 15 is 0 Å². The molecule has 0 aliphatic carbocycles. The van der Waals surface area contributed by atoms with E-state index in [1.165, 1.54) is 12.1 Å². The molecule has 0 radical (unpaired) electrons. The number of hydrogen-bond donors (Lipinski definition) is 1. The minimum Gasteiger partial charge on any atom is -0.507 e. The lowest BCUT2D eigenvalue weighted by Crippen LogP contribution is -2.49. The third kappa shape index (κ3) is 3.59. The van der Waals surface area contributed by atoms with Crippen molar-refractivity contribution in [2.45, 2.75) is 52.1 Å². The minimum absolute atomic E-state index is 0.0816. The van der Waals surface area contributed by atoms with Gasteiger partial charge in [-0.2, -0.15) is 0 Å². The van der Waals surface area contributed by atoms with Crippen LogP contribution in [0.3, 0.4) is 0 Å². The van der Waals surface area contributed by atoms with Crippen LogP contribution in [0.15, 0.2) is 18.2 Å². The van der Waals surface area contributed by atoms with Crippen molar-refractivity contribution in [3.8, 4) is 5.75 Å². The summed E-state index contributed by atoms with van der Waals surface area (Å²) in [5, 5.41) is 9.76. The molecule has 5 heteroatoms. The molecule has 0 spiro atoms. The van der Waals surface area contributed by atoms with Gasteiger partial charge in [-0.1, -0.05) is 6.07 Å². The second kappa shape index (κ2) is 6.81. The van der Waals surface area contributed by atoms with E-state index in [1.807, 2.05) is 20.8 Å². The normalized spacial score (nSPS) is 21.5. The number of phenols is 1. The Morgan fingerprint density at radius 1 is 1.27 bits per heavy atom. The van der Waals surface area contributed by atoms with E-state index < -0.39 is 5.97 Å². The van der Waals surface area contributed by atoms with Crippen LogP contribution in [0.25, 0.3) is 0 Å². The van der Waals surface area contributed by atoms with E-state index in [4.69, 9.17) is 4.74 Å². The maximum absolute atomic E-state index is 12.3. The van der Waals surface area contributed by atoms with Crippen molar-refractivity contribution >= 4 is 11.9 Å². The van der Waals surface area contributed by atoms with Crippen LogP contribution in [0.1, 0.15) is 49.0 Å². The molecule has 5 nitrogen and oxygen atoms in total. The summed E-state index contributed by atoms with van der Waals surface area (Å²) >= 11 is 0. The number of aryl methyl sites for hydroxylation is 1.